The van der Waals surface area contributed by atoms with Crippen LogP contribution < -0.4 is 16.8 Å². The van der Waals surface area contributed by atoms with Crippen molar-refractivity contribution in [3.05, 3.63) is 84.6 Å². The number of carbonyl (C=O) groups is 2. The monoisotopic (exact) mass is 595 g/mol. The summed E-state index contributed by atoms with van der Waals surface area (Å²) in [5.74, 6) is 0.675. The van der Waals surface area contributed by atoms with Gasteiger partial charge in [0.05, 0.1) is 11.0 Å². The summed E-state index contributed by atoms with van der Waals surface area (Å²) < 4.78 is 1.80. The largest absolute Gasteiger partial charge is 0.370 e. The molecular weight excluding hydrogens is 554 g/mol. The van der Waals surface area contributed by atoms with Crippen LogP contribution in [0, 0.1) is 11.3 Å². The number of aromatic amines is 1. The zero-order valence-corrected chi connectivity index (χ0v) is 25.5. The quantitative estimate of drug-likeness (QED) is 0.0616. The van der Waals surface area contributed by atoms with Gasteiger partial charge in [0, 0.05) is 37.5 Å². The van der Waals surface area contributed by atoms with Crippen molar-refractivity contribution < 1.29 is 9.59 Å². The van der Waals surface area contributed by atoms with Crippen LogP contribution in [0.4, 0.5) is 0 Å². The fraction of sp³-hybridized carbons (Fsp3) is 0.303. The fourth-order valence-corrected chi connectivity index (χ4v) is 5.01. The van der Waals surface area contributed by atoms with E-state index < -0.39 is 11.9 Å². The van der Waals surface area contributed by atoms with Gasteiger partial charge in [0.2, 0.25) is 5.91 Å². The number of nitrogens with one attached hydrogen (secondary N) is 3. The SMILES string of the molecule is C/C=C\C=C/C(C)CCN(C)C(=O)c1ccc2c(c1)nc(-c1c[nH]c(-c3ccccc3)n1)n2C(CCCNC(=N)N)C(N)=O. The van der Waals surface area contributed by atoms with Gasteiger partial charge >= 0.3 is 0 Å². The minimum Gasteiger partial charge on any atom is -0.370 e. The normalized spacial score (nSPS) is 13.0. The topological polar surface area (TPSA) is 172 Å². The van der Waals surface area contributed by atoms with Gasteiger partial charge in [0.1, 0.15) is 17.6 Å². The Morgan fingerprint density at radius 1 is 1.11 bits per heavy atom. The Kier molecular flexibility index (Phi) is 10.7. The van der Waals surface area contributed by atoms with Gasteiger partial charge in [-0.05, 0) is 50.3 Å². The lowest BCUT2D eigenvalue weighted by Crippen LogP contribution is -2.32. The summed E-state index contributed by atoms with van der Waals surface area (Å²) in [6, 6.07) is 14.3. The summed E-state index contributed by atoms with van der Waals surface area (Å²) in [5.41, 5.74) is 14.5. The lowest BCUT2D eigenvalue weighted by Gasteiger charge is -2.20. The molecule has 2 aromatic heterocycles. The molecule has 2 atom stereocenters. The first-order chi connectivity index (χ1) is 21.2. The maximum atomic E-state index is 13.4. The number of primary amides is 1. The van der Waals surface area contributed by atoms with Gasteiger partial charge in [0.25, 0.3) is 5.91 Å². The lowest BCUT2D eigenvalue weighted by molar-refractivity contribution is -0.121. The van der Waals surface area contributed by atoms with Gasteiger partial charge in [-0.25, -0.2) is 9.97 Å². The molecule has 0 aliphatic heterocycles. The van der Waals surface area contributed by atoms with E-state index in [0.29, 0.717) is 65.8 Å². The zero-order valence-electron chi connectivity index (χ0n) is 25.5. The molecule has 0 aliphatic carbocycles. The Morgan fingerprint density at radius 3 is 2.59 bits per heavy atom. The Hall–Kier alpha value is -5.19. The van der Waals surface area contributed by atoms with E-state index in [9.17, 15) is 9.59 Å². The van der Waals surface area contributed by atoms with Gasteiger partial charge in [-0.2, -0.15) is 0 Å². The number of amides is 2. The predicted octanol–water partition coefficient (Wildman–Crippen LogP) is 4.61. The van der Waals surface area contributed by atoms with Crippen LogP contribution in [0.1, 0.15) is 49.5 Å². The molecule has 0 saturated carbocycles. The molecule has 2 unspecified atom stereocenters. The number of hydrogen-bond donors (Lipinski definition) is 5. The van der Waals surface area contributed by atoms with Gasteiger partial charge in [0.15, 0.2) is 11.8 Å². The smallest absolute Gasteiger partial charge is 0.253 e. The average molecular weight is 596 g/mol. The van der Waals surface area contributed by atoms with Crippen LogP contribution in [0.5, 0.6) is 0 Å². The molecule has 2 amide bonds. The van der Waals surface area contributed by atoms with Crippen LogP contribution in [0.2, 0.25) is 0 Å². The van der Waals surface area contributed by atoms with Crippen molar-refractivity contribution in [2.45, 2.75) is 39.2 Å². The van der Waals surface area contributed by atoms with Crippen LogP contribution in [0.3, 0.4) is 0 Å². The number of guanidine groups is 1. The molecule has 0 aliphatic rings. The molecule has 230 valence electrons. The summed E-state index contributed by atoms with van der Waals surface area (Å²) >= 11 is 0. The minimum atomic E-state index is -0.748. The molecule has 0 saturated heterocycles. The second kappa shape index (κ2) is 14.8. The average Bonchev–Trinajstić information content (AvgIpc) is 3.65. The summed E-state index contributed by atoms with van der Waals surface area (Å²) in [7, 11) is 1.80. The third-order valence-electron chi connectivity index (χ3n) is 7.41. The number of allylic oxidation sites excluding steroid dienone is 4. The van der Waals surface area contributed by atoms with Gasteiger partial charge in [-0.3, -0.25) is 15.0 Å². The van der Waals surface area contributed by atoms with Crippen molar-refractivity contribution in [1.82, 2.24) is 29.7 Å². The van der Waals surface area contributed by atoms with Gasteiger partial charge in [-0.15, -0.1) is 0 Å². The van der Waals surface area contributed by atoms with Crippen molar-refractivity contribution in [3.8, 4) is 22.9 Å². The van der Waals surface area contributed by atoms with E-state index in [1.165, 1.54) is 0 Å². The number of fused-ring (bicyclic) bond motifs is 1. The first kappa shape index (κ1) is 31.7. The van der Waals surface area contributed by atoms with Crippen LogP contribution in [0.15, 0.2) is 79.0 Å². The van der Waals surface area contributed by atoms with Crippen molar-refractivity contribution >= 4 is 28.8 Å². The van der Waals surface area contributed by atoms with E-state index in [0.717, 1.165) is 12.0 Å². The first-order valence-corrected chi connectivity index (χ1v) is 14.7. The molecule has 11 heteroatoms. The summed E-state index contributed by atoms with van der Waals surface area (Å²) in [5, 5.41) is 10.2. The lowest BCUT2D eigenvalue weighted by atomic mass is 10.1. The Labute approximate surface area is 257 Å². The summed E-state index contributed by atoms with van der Waals surface area (Å²) in [4.78, 5) is 40.8. The highest BCUT2D eigenvalue weighted by Crippen LogP contribution is 2.31. The summed E-state index contributed by atoms with van der Waals surface area (Å²) in [6.45, 7) is 5.12. The Bertz CT molecular complexity index is 1650. The molecule has 0 bridgehead atoms. The molecule has 0 fully saturated rings. The molecule has 0 radical (unpaired) electrons. The van der Waals surface area contributed by atoms with E-state index in [-0.39, 0.29) is 11.9 Å². The number of H-pyrrole nitrogens is 1. The molecule has 4 rings (SSSR count). The molecule has 2 heterocycles. The molecule has 0 spiro atoms. The minimum absolute atomic E-state index is 0.111. The number of imidazole rings is 2. The molecule has 11 nitrogen and oxygen atoms in total. The third kappa shape index (κ3) is 7.80. The maximum Gasteiger partial charge on any atom is 0.253 e. The highest BCUT2D eigenvalue weighted by atomic mass is 16.2. The number of benzene rings is 2. The van der Waals surface area contributed by atoms with Crippen LogP contribution in [-0.2, 0) is 4.79 Å². The first-order valence-electron chi connectivity index (χ1n) is 14.7. The zero-order chi connectivity index (χ0) is 31.6. The molecule has 4 aromatic rings. The molecular formula is C33H41N9O2. The van der Waals surface area contributed by atoms with E-state index >= 15 is 0 Å². The highest BCUT2D eigenvalue weighted by Gasteiger charge is 2.26. The van der Waals surface area contributed by atoms with E-state index in [2.05, 4.69) is 23.3 Å². The van der Waals surface area contributed by atoms with E-state index in [4.69, 9.17) is 26.8 Å². The predicted molar refractivity (Wildman–Crippen MR) is 175 cm³/mol. The van der Waals surface area contributed by atoms with E-state index in [1.807, 2.05) is 61.5 Å². The number of nitrogens with two attached hydrogens (primary N) is 2. The van der Waals surface area contributed by atoms with E-state index in [1.54, 1.807) is 34.8 Å². The van der Waals surface area contributed by atoms with Crippen molar-refractivity contribution in [3.63, 3.8) is 0 Å². The van der Waals surface area contributed by atoms with Crippen LogP contribution in [-0.4, -0.2) is 62.3 Å². The molecule has 44 heavy (non-hydrogen) atoms. The molecule has 7 N–H and O–H groups in total. The summed E-state index contributed by atoms with van der Waals surface area (Å²) in [6.07, 6.45) is 11.6. The Morgan fingerprint density at radius 2 is 1.89 bits per heavy atom. The second-order valence-electron chi connectivity index (χ2n) is 10.8. The molecule has 2 aromatic carbocycles. The van der Waals surface area contributed by atoms with Crippen LogP contribution in [0.25, 0.3) is 33.9 Å². The number of rotatable bonds is 14. The highest BCUT2D eigenvalue weighted by molar-refractivity contribution is 5.98. The Balaban J connectivity index is 1.68. The number of hydrogen-bond acceptors (Lipinski definition) is 5. The maximum absolute atomic E-state index is 13.4. The third-order valence-corrected chi connectivity index (χ3v) is 7.41. The van der Waals surface area contributed by atoms with Crippen LogP contribution >= 0.6 is 0 Å². The fourth-order valence-electron chi connectivity index (χ4n) is 5.01. The van der Waals surface area contributed by atoms with Crippen molar-refractivity contribution in [2.75, 3.05) is 20.1 Å². The number of nitrogens with zero attached hydrogens (tertiary/aromatic N) is 4. The van der Waals surface area contributed by atoms with Crippen molar-refractivity contribution in [1.29, 1.82) is 5.41 Å². The van der Waals surface area contributed by atoms with Gasteiger partial charge in [-0.1, -0.05) is 61.6 Å². The van der Waals surface area contributed by atoms with Gasteiger partial charge < -0.3 is 31.2 Å². The number of carbonyl (C=O) groups excluding carboxylic acids is 2. The standard InChI is InChI=1S/C33H41N9O2/c1-4-5-7-11-22(2)17-19-41(3)32(44)24-15-16-27-25(20-24)40-31(26-21-38-30(39-26)23-12-8-6-9-13-23)42(27)28(29(34)43)14-10-18-37-33(35)36/h4-9,11-13,15-16,20-22,28H,10,14,17-19H2,1-3H3,(H2,34,43)(H,38,39)(H4,35,36,37)/b5-4-,11-7-. The second-order valence-corrected chi connectivity index (χ2v) is 10.8. The number of aromatic nitrogens is 4. The van der Waals surface area contributed by atoms with Crippen molar-refractivity contribution in [2.24, 2.45) is 17.4 Å².